The Bertz CT molecular complexity index is 1380. The van der Waals surface area contributed by atoms with E-state index in [9.17, 15) is 22.8 Å². The van der Waals surface area contributed by atoms with Gasteiger partial charge < -0.3 is 5.73 Å². The Labute approximate surface area is 190 Å². The highest BCUT2D eigenvalue weighted by Crippen LogP contribution is 2.27. The molecule has 0 saturated carbocycles. The van der Waals surface area contributed by atoms with Crippen LogP contribution < -0.4 is 21.9 Å². The quantitative estimate of drug-likeness (QED) is 0.557. The van der Waals surface area contributed by atoms with Crippen LogP contribution in [0, 0.1) is 5.92 Å². The van der Waals surface area contributed by atoms with E-state index in [4.69, 9.17) is 5.73 Å². The van der Waals surface area contributed by atoms with Gasteiger partial charge >= 0.3 is 5.69 Å². The van der Waals surface area contributed by atoms with Gasteiger partial charge in [0.25, 0.3) is 5.56 Å². The summed E-state index contributed by atoms with van der Waals surface area (Å²) in [5.74, 6) is -1.81. The number of amides is 1. The fourth-order valence-electron chi connectivity index (χ4n) is 4.00. The van der Waals surface area contributed by atoms with Crippen molar-refractivity contribution in [2.45, 2.75) is 19.5 Å². The summed E-state index contributed by atoms with van der Waals surface area (Å²) in [5, 5.41) is 0. The number of nitrogens with one attached hydrogen (secondary N) is 1. The molecule has 1 fully saturated rings. The van der Waals surface area contributed by atoms with Crippen molar-refractivity contribution in [3.63, 3.8) is 0 Å². The normalized spacial score (nSPS) is 17.0. The summed E-state index contributed by atoms with van der Waals surface area (Å²) in [6.07, 6.45) is 0.175. The van der Waals surface area contributed by atoms with Crippen LogP contribution >= 0.6 is 0 Å². The number of carbonyl (C=O) groups is 1. The van der Waals surface area contributed by atoms with Crippen LogP contribution in [0.15, 0.2) is 70.3 Å². The lowest BCUT2D eigenvalue weighted by molar-refractivity contribution is -0.121. The van der Waals surface area contributed by atoms with Crippen LogP contribution in [0.1, 0.15) is 17.5 Å². The Morgan fingerprint density at radius 3 is 2.21 bits per heavy atom. The fraction of sp³-hybridized carbons (Fsp3) is 0.261. The maximum atomic E-state index is 13.5. The minimum Gasteiger partial charge on any atom is -0.383 e. The van der Waals surface area contributed by atoms with E-state index in [0.29, 0.717) is 0 Å². The number of nitrogens with two attached hydrogens (primary N) is 1. The Morgan fingerprint density at radius 2 is 1.64 bits per heavy atom. The van der Waals surface area contributed by atoms with Gasteiger partial charge in [0.15, 0.2) is 15.5 Å². The van der Waals surface area contributed by atoms with Crippen LogP contribution in [0.4, 0.5) is 11.5 Å². The predicted molar refractivity (Wildman–Crippen MR) is 126 cm³/mol. The Hall–Kier alpha value is -3.66. The number of nitrogen functional groups attached to an aromatic ring is 1. The van der Waals surface area contributed by atoms with Gasteiger partial charge in [-0.2, -0.15) is 0 Å². The molecule has 2 heterocycles. The highest BCUT2D eigenvalue weighted by molar-refractivity contribution is 7.91. The van der Waals surface area contributed by atoms with Gasteiger partial charge in [-0.1, -0.05) is 60.7 Å². The summed E-state index contributed by atoms with van der Waals surface area (Å²) in [7, 11) is -3.32. The van der Waals surface area contributed by atoms with Crippen LogP contribution in [0.5, 0.6) is 0 Å². The zero-order chi connectivity index (χ0) is 23.6. The van der Waals surface area contributed by atoms with Crippen LogP contribution in [-0.4, -0.2) is 35.4 Å². The Morgan fingerprint density at radius 1 is 1.03 bits per heavy atom. The van der Waals surface area contributed by atoms with E-state index in [0.717, 1.165) is 11.1 Å². The summed E-state index contributed by atoms with van der Waals surface area (Å²) in [5.41, 5.74) is 6.16. The first-order valence-corrected chi connectivity index (χ1v) is 12.3. The first kappa shape index (κ1) is 22.5. The van der Waals surface area contributed by atoms with Crippen LogP contribution in [-0.2, 0) is 27.7 Å². The molecule has 1 saturated heterocycles. The van der Waals surface area contributed by atoms with Crippen LogP contribution in [0.25, 0.3) is 0 Å². The van der Waals surface area contributed by atoms with Crippen LogP contribution in [0.3, 0.4) is 0 Å². The molecule has 3 N–H and O–H groups in total. The molecule has 0 aliphatic carbocycles. The van der Waals surface area contributed by atoms with E-state index in [1.165, 1.54) is 9.47 Å². The van der Waals surface area contributed by atoms with E-state index in [-0.39, 0.29) is 42.5 Å². The van der Waals surface area contributed by atoms with Crippen molar-refractivity contribution in [3.8, 4) is 0 Å². The number of aromatic amines is 1. The zero-order valence-electron chi connectivity index (χ0n) is 17.8. The molecular weight excluding hydrogens is 444 g/mol. The minimum absolute atomic E-state index is 0.00699. The predicted octanol–water partition coefficient (Wildman–Crippen LogP) is 1.14. The number of nitrogens with zero attached hydrogens (tertiary/aromatic N) is 2. The lowest BCUT2D eigenvalue weighted by Gasteiger charge is -2.27. The summed E-state index contributed by atoms with van der Waals surface area (Å²) >= 11 is 0. The molecular formula is C23H24N4O5S. The molecule has 1 amide bonds. The van der Waals surface area contributed by atoms with Gasteiger partial charge in [-0.25, -0.2) is 13.2 Å². The number of carbonyl (C=O) groups excluding carboxylic acids is 1. The van der Waals surface area contributed by atoms with Gasteiger partial charge in [0.05, 0.1) is 30.5 Å². The van der Waals surface area contributed by atoms with Crippen molar-refractivity contribution in [1.29, 1.82) is 0 Å². The monoisotopic (exact) mass is 468 g/mol. The minimum atomic E-state index is -3.32. The highest BCUT2D eigenvalue weighted by atomic mass is 32.2. The molecule has 0 unspecified atom stereocenters. The van der Waals surface area contributed by atoms with Gasteiger partial charge in [-0.3, -0.25) is 24.0 Å². The molecule has 3 aromatic rings. The smallest absolute Gasteiger partial charge is 0.330 e. The molecule has 10 heteroatoms. The third-order valence-corrected chi connectivity index (χ3v) is 7.47. The second-order valence-electron chi connectivity index (χ2n) is 8.07. The number of anilines is 2. The average molecular weight is 469 g/mol. The standard InChI is InChI=1S/C23H24N4O5S/c24-20-19(21(28)25-23(30)27(20)14-17-9-5-2-6-10-17)26(13-16-7-3-1-4-8-16)22(29)18-11-12-33(31,32)15-18/h1-10,18H,11-15,24H2,(H,25,28,30)/t18-/m0/s1. The summed E-state index contributed by atoms with van der Waals surface area (Å²) in [6.45, 7) is 0.105. The number of hydrogen-bond acceptors (Lipinski definition) is 6. The van der Waals surface area contributed by atoms with Crippen molar-refractivity contribution in [3.05, 3.63) is 92.6 Å². The van der Waals surface area contributed by atoms with E-state index in [1.807, 2.05) is 36.4 Å². The molecule has 33 heavy (non-hydrogen) atoms. The van der Waals surface area contributed by atoms with Crippen molar-refractivity contribution < 1.29 is 13.2 Å². The van der Waals surface area contributed by atoms with Crippen molar-refractivity contribution in [2.75, 3.05) is 22.1 Å². The molecule has 0 bridgehead atoms. The Balaban J connectivity index is 1.80. The first-order chi connectivity index (χ1) is 15.7. The van der Waals surface area contributed by atoms with Gasteiger partial charge in [0.1, 0.15) is 5.82 Å². The summed E-state index contributed by atoms with van der Waals surface area (Å²) in [4.78, 5) is 42.4. The lowest BCUT2D eigenvalue weighted by atomic mass is 10.1. The van der Waals surface area contributed by atoms with Crippen LogP contribution in [0.2, 0.25) is 0 Å². The largest absolute Gasteiger partial charge is 0.383 e. The number of hydrogen-bond donors (Lipinski definition) is 2. The topological polar surface area (TPSA) is 135 Å². The maximum absolute atomic E-state index is 13.5. The Kier molecular flexibility index (Phi) is 6.19. The van der Waals surface area contributed by atoms with Crippen molar-refractivity contribution in [2.24, 2.45) is 5.92 Å². The SMILES string of the molecule is Nc1c(N(Cc2ccccc2)C(=O)[C@H]2CCS(=O)(=O)C2)c(=O)[nH]c(=O)n1Cc1ccccc1. The second kappa shape index (κ2) is 9.07. The molecule has 2 aromatic carbocycles. The molecule has 0 spiro atoms. The molecule has 1 aromatic heterocycles. The number of rotatable bonds is 6. The number of H-pyrrole nitrogens is 1. The fourth-order valence-corrected chi connectivity index (χ4v) is 5.74. The van der Waals surface area contributed by atoms with E-state index >= 15 is 0 Å². The lowest BCUT2D eigenvalue weighted by Crippen LogP contribution is -2.43. The summed E-state index contributed by atoms with van der Waals surface area (Å²) in [6, 6.07) is 18.1. The van der Waals surface area contributed by atoms with Gasteiger partial charge in [0, 0.05) is 0 Å². The third kappa shape index (κ3) is 4.90. The summed E-state index contributed by atoms with van der Waals surface area (Å²) < 4.78 is 25.2. The molecule has 9 nitrogen and oxygen atoms in total. The highest BCUT2D eigenvalue weighted by Gasteiger charge is 2.37. The number of sulfone groups is 1. The van der Waals surface area contributed by atoms with Gasteiger partial charge in [-0.15, -0.1) is 0 Å². The van der Waals surface area contributed by atoms with Crippen molar-refractivity contribution >= 4 is 27.2 Å². The maximum Gasteiger partial charge on any atom is 0.330 e. The molecule has 0 radical (unpaired) electrons. The van der Waals surface area contributed by atoms with E-state index in [1.54, 1.807) is 24.3 Å². The number of benzene rings is 2. The molecule has 4 rings (SSSR count). The molecule has 1 aliphatic rings. The first-order valence-electron chi connectivity index (χ1n) is 10.5. The molecule has 1 atom stereocenters. The average Bonchev–Trinajstić information content (AvgIpc) is 3.16. The molecule has 1 aliphatic heterocycles. The molecule has 172 valence electrons. The zero-order valence-corrected chi connectivity index (χ0v) is 18.6. The van der Waals surface area contributed by atoms with Crippen molar-refractivity contribution in [1.82, 2.24) is 9.55 Å². The van der Waals surface area contributed by atoms with Gasteiger partial charge in [0.2, 0.25) is 5.91 Å². The second-order valence-corrected chi connectivity index (χ2v) is 10.3. The third-order valence-electron chi connectivity index (χ3n) is 5.70. The van der Waals surface area contributed by atoms with Gasteiger partial charge in [-0.05, 0) is 17.5 Å². The van der Waals surface area contributed by atoms with E-state index in [2.05, 4.69) is 4.98 Å². The number of aromatic nitrogens is 2. The van der Waals surface area contributed by atoms with E-state index < -0.39 is 32.9 Å².